The summed E-state index contributed by atoms with van der Waals surface area (Å²) in [7, 11) is 0. The van der Waals surface area contributed by atoms with Crippen molar-refractivity contribution in [3.8, 4) is 22.4 Å². The van der Waals surface area contributed by atoms with E-state index in [1.165, 1.54) is 5.56 Å². The van der Waals surface area contributed by atoms with Gasteiger partial charge in [-0.3, -0.25) is 0 Å². The van der Waals surface area contributed by atoms with E-state index in [0.717, 1.165) is 44.4 Å². The van der Waals surface area contributed by atoms with Crippen molar-refractivity contribution < 1.29 is 0 Å². The smallest absolute Gasteiger partial charge is 0.139 e. The predicted molar refractivity (Wildman–Crippen MR) is 158 cm³/mol. The summed E-state index contributed by atoms with van der Waals surface area (Å²) in [6, 6.07) is 48.7. The van der Waals surface area contributed by atoms with Gasteiger partial charge in [0.05, 0.1) is 6.20 Å². The molecule has 0 saturated heterocycles. The first-order valence-electron chi connectivity index (χ1n) is 12.6. The number of aromatic nitrogens is 3. The molecule has 0 aliphatic carbocycles. The summed E-state index contributed by atoms with van der Waals surface area (Å²) in [4.78, 5) is 0. The Hall–Kier alpha value is -4.28. The lowest BCUT2D eigenvalue weighted by atomic mass is 9.77. The Morgan fingerprint density at radius 1 is 0.553 bits per heavy atom. The van der Waals surface area contributed by atoms with Crippen LogP contribution in [-0.2, 0) is 10.9 Å². The highest BCUT2D eigenvalue weighted by Gasteiger charge is 2.39. The van der Waals surface area contributed by atoms with Crippen LogP contribution >= 0.6 is 15.9 Å². The van der Waals surface area contributed by atoms with E-state index in [-0.39, 0.29) is 0 Å². The van der Waals surface area contributed by atoms with Crippen molar-refractivity contribution in [3.63, 3.8) is 0 Å². The van der Waals surface area contributed by atoms with Crippen molar-refractivity contribution in [1.29, 1.82) is 0 Å². The van der Waals surface area contributed by atoms with E-state index in [2.05, 4.69) is 143 Å². The number of halogens is 1. The second-order valence-corrected chi connectivity index (χ2v) is 9.79. The third kappa shape index (κ3) is 4.27. The molecule has 0 bridgehead atoms. The van der Waals surface area contributed by atoms with Gasteiger partial charge in [0, 0.05) is 10.9 Å². The van der Waals surface area contributed by atoms with Gasteiger partial charge in [-0.2, -0.15) is 0 Å². The molecule has 3 nitrogen and oxygen atoms in total. The Bertz CT molecular complexity index is 1530. The fraction of sp³-hybridized carbons (Fsp3) is 0.0588. The van der Waals surface area contributed by atoms with E-state index >= 15 is 0 Å². The van der Waals surface area contributed by atoms with Crippen LogP contribution in [0.4, 0.5) is 0 Å². The van der Waals surface area contributed by atoms with Gasteiger partial charge in [-0.25, -0.2) is 4.68 Å². The molecule has 6 aromatic rings. The highest BCUT2D eigenvalue weighted by atomic mass is 79.9. The van der Waals surface area contributed by atoms with Gasteiger partial charge in [-0.15, -0.1) is 5.10 Å². The zero-order valence-electron chi connectivity index (χ0n) is 20.8. The predicted octanol–water partition coefficient (Wildman–Crippen LogP) is 8.35. The average Bonchev–Trinajstić information content (AvgIpc) is 3.50. The molecule has 1 aromatic heterocycles. The van der Waals surface area contributed by atoms with E-state index in [0.29, 0.717) is 0 Å². The second-order valence-electron chi connectivity index (χ2n) is 9.23. The van der Waals surface area contributed by atoms with E-state index in [1.807, 2.05) is 22.9 Å². The van der Waals surface area contributed by atoms with Crippen LogP contribution < -0.4 is 0 Å². The zero-order chi connectivity index (χ0) is 25.8. The molecule has 0 fully saturated rings. The van der Waals surface area contributed by atoms with Crippen LogP contribution in [0.25, 0.3) is 22.4 Å². The number of rotatable bonds is 7. The third-order valence-electron chi connectivity index (χ3n) is 7.03. The summed E-state index contributed by atoms with van der Waals surface area (Å²) in [6.45, 7) is 0. The Labute approximate surface area is 231 Å². The maximum absolute atomic E-state index is 4.82. The van der Waals surface area contributed by atoms with E-state index in [1.54, 1.807) is 0 Å². The first-order valence-corrected chi connectivity index (χ1v) is 13.8. The first kappa shape index (κ1) is 24.1. The summed E-state index contributed by atoms with van der Waals surface area (Å²) in [5.41, 5.74) is 8.07. The van der Waals surface area contributed by atoms with Crippen molar-refractivity contribution >= 4 is 15.9 Å². The molecule has 38 heavy (non-hydrogen) atoms. The molecule has 5 aromatic carbocycles. The normalized spacial score (nSPS) is 11.4. The topological polar surface area (TPSA) is 30.7 Å². The van der Waals surface area contributed by atoms with Gasteiger partial charge in [0.15, 0.2) is 0 Å². The van der Waals surface area contributed by atoms with Gasteiger partial charge in [0.25, 0.3) is 0 Å². The average molecular weight is 557 g/mol. The van der Waals surface area contributed by atoms with Gasteiger partial charge < -0.3 is 0 Å². The molecule has 4 heteroatoms. The molecule has 0 aliphatic heterocycles. The Balaban J connectivity index is 1.57. The molecular weight excluding hydrogens is 530 g/mol. The molecular formula is C34H26BrN3. The van der Waals surface area contributed by atoms with Gasteiger partial charge >= 0.3 is 0 Å². The quantitative estimate of drug-likeness (QED) is 0.146. The highest BCUT2D eigenvalue weighted by Crippen LogP contribution is 2.41. The van der Waals surface area contributed by atoms with Crippen LogP contribution in [0.2, 0.25) is 0 Å². The lowest BCUT2D eigenvalue weighted by Crippen LogP contribution is -2.38. The van der Waals surface area contributed by atoms with Gasteiger partial charge in [-0.1, -0.05) is 161 Å². The van der Waals surface area contributed by atoms with E-state index in [9.17, 15) is 0 Å². The molecule has 6 rings (SSSR count). The van der Waals surface area contributed by atoms with Crippen molar-refractivity contribution in [1.82, 2.24) is 15.0 Å². The minimum absolute atomic E-state index is 0.693. The van der Waals surface area contributed by atoms with E-state index in [4.69, 9.17) is 10.3 Å². The maximum atomic E-state index is 4.82. The summed E-state index contributed by atoms with van der Waals surface area (Å²) >= 11 is 3.55. The third-order valence-corrected chi connectivity index (χ3v) is 7.68. The summed E-state index contributed by atoms with van der Waals surface area (Å²) in [5.74, 6) is 0. The summed E-state index contributed by atoms with van der Waals surface area (Å²) < 4.78 is 2.02. The number of hydrogen-bond donors (Lipinski definition) is 0. The molecule has 0 atom stereocenters. The molecule has 184 valence electrons. The molecule has 0 amide bonds. The second kappa shape index (κ2) is 10.6. The van der Waals surface area contributed by atoms with Gasteiger partial charge in [0.2, 0.25) is 0 Å². The molecule has 0 saturated carbocycles. The fourth-order valence-electron chi connectivity index (χ4n) is 5.22. The molecule has 0 spiro atoms. The minimum atomic E-state index is -0.693. The van der Waals surface area contributed by atoms with Crippen LogP contribution in [-0.4, -0.2) is 15.0 Å². The summed E-state index contributed by atoms with van der Waals surface area (Å²) in [5, 5.41) is 10.4. The number of nitrogens with zero attached hydrogens (tertiary/aromatic N) is 3. The monoisotopic (exact) mass is 555 g/mol. The lowest BCUT2D eigenvalue weighted by Gasteiger charge is -2.35. The van der Waals surface area contributed by atoms with Crippen molar-refractivity contribution in [2.45, 2.75) is 10.9 Å². The van der Waals surface area contributed by atoms with Crippen LogP contribution in [0, 0.1) is 0 Å². The Kier molecular flexibility index (Phi) is 6.72. The molecule has 0 aliphatic rings. The van der Waals surface area contributed by atoms with Crippen molar-refractivity contribution in [2.75, 3.05) is 0 Å². The van der Waals surface area contributed by atoms with Crippen LogP contribution in [0.1, 0.15) is 22.3 Å². The van der Waals surface area contributed by atoms with Crippen LogP contribution in [0.15, 0.2) is 146 Å². The lowest BCUT2D eigenvalue weighted by molar-refractivity contribution is 0.446. The van der Waals surface area contributed by atoms with Gasteiger partial charge in [0.1, 0.15) is 11.2 Å². The van der Waals surface area contributed by atoms with Crippen molar-refractivity contribution in [2.24, 2.45) is 0 Å². The summed E-state index contributed by atoms with van der Waals surface area (Å²) in [6.07, 6.45) is 2.08. The highest BCUT2D eigenvalue weighted by molar-refractivity contribution is 9.08. The Morgan fingerprint density at radius 3 is 1.53 bits per heavy atom. The Morgan fingerprint density at radius 2 is 1.03 bits per heavy atom. The largest absolute Gasteiger partial charge is 0.232 e. The molecule has 0 N–H and O–H groups in total. The minimum Gasteiger partial charge on any atom is -0.232 e. The van der Waals surface area contributed by atoms with E-state index < -0.39 is 5.54 Å². The van der Waals surface area contributed by atoms with Crippen molar-refractivity contribution in [3.05, 3.63) is 168 Å². The molecule has 1 heterocycles. The van der Waals surface area contributed by atoms with Gasteiger partial charge in [-0.05, 0) is 33.4 Å². The standard InChI is InChI=1S/C34H26BrN3/c35-24-26-20-22-27(23-21-26)31-18-10-11-19-32(31)33-25-38(37-36-33)34(28-12-4-1-5-13-28,29-14-6-2-7-15-29)30-16-8-3-9-17-30/h1-23,25H,24H2. The fourth-order valence-corrected chi connectivity index (χ4v) is 5.59. The molecule has 0 radical (unpaired) electrons. The maximum Gasteiger partial charge on any atom is 0.139 e. The zero-order valence-corrected chi connectivity index (χ0v) is 22.4. The first-order chi connectivity index (χ1) is 18.8. The van der Waals surface area contributed by atoms with Crippen LogP contribution in [0.5, 0.6) is 0 Å². The number of hydrogen-bond acceptors (Lipinski definition) is 2. The SMILES string of the molecule is BrCc1ccc(-c2ccccc2-c2cn(C(c3ccccc3)(c3ccccc3)c3ccccc3)nn2)cc1. The molecule has 0 unspecified atom stereocenters. The van der Waals surface area contributed by atoms with Crippen LogP contribution in [0.3, 0.4) is 0 Å². The number of alkyl halides is 1. The number of benzene rings is 5.